The number of likely N-dealkylation sites (tertiary alicyclic amines) is 1. The Morgan fingerprint density at radius 3 is 2.55 bits per heavy atom. The predicted molar refractivity (Wildman–Crippen MR) is 73.4 cm³/mol. The topological polar surface area (TPSA) is 59.0 Å². The number of carbonyl (C=O) groups is 1. The van der Waals surface area contributed by atoms with Gasteiger partial charge in [0.1, 0.15) is 0 Å². The van der Waals surface area contributed by atoms with Gasteiger partial charge in [-0.25, -0.2) is 0 Å². The third kappa shape index (κ3) is 3.15. The molecule has 1 atom stereocenters. The van der Waals surface area contributed by atoms with Crippen LogP contribution in [-0.2, 0) is 14.3 Å². The van der Waals surface area contributed by atoms with Crippen LogP contribution in [0.3, 0.4) is 0 Å². The molecule has 0 aromatic carbocycles. The van der Waals surface area contributed by atoms with E-state index in [-0.39, 0.29) is 5.79 Å². The smallest absolute Gasteiger partial charge is 0.303 e. The SMILES string of the molecule is O=C(O)CC1CCCN(C2CCC3(CC2)OCCO3)C1. The summed E-state index contributed by atoms with van der Waals surface area (Å²) in [4.78, 5) is 13.4. The Morgan fingerprint density at radius 2 is 1.90 bits per heavy atom. The molecular formula is C15H25NO4. The van der Waals surface area contributed by atoms with Crippen LogP contribution < -0.4 is 0 Å². The van der Waals surface area contributed by atoms with Crippen molar-refractivity contribution in [2.45, 2.75) is 56.8 Å². The minimum Gasteiger partial charge on any atom is -0.481 e. The average molecular weight is 283 g/mol. The van der Waals surface area contributed by atoms with E-state index in [0.717, 1.165) is 64.8 Å². The molecular weight excluding hydrogens is 258 g/mol. The summed E-state index contributed by atoms with van der Waals surface area (Å²) in [5.74, 6) is -0.615. The Hall–Kier alpha value is -0.650. The molecule has 5 heteroatoms. The first-order valence-electron chi connectivity index (χ1n) is 7.91. The molecule has 1 N–H and O–H groups in total. The Kier molecular flexibility index (Phi) is 4.29. The lowest BCUT2D eigenvalue weighted by atomic mass is 9.86. The fourth-order valence-corrected chi connectivity index (χ4v) is 4.04. The quantitative estimate of drug-likeness (QED) is 0.856. The third-order valence-corrected chi connectivity index (χ3v) is 5.06. The lowest BCUT2D eigenvalue weighted by molar-refractivity contribution is -0.184. The monoisotopic (exact) mass is 283 g/mol. The highest BCUT2D eigenvalue weighted by molar-refractivity contribution is 5.67. The van der Waals surface area contributed by atoms with Crippen LogP contribution in [0.15, 0.2) is 0 Å². The molecule has 1 aliphatic carbocycles. The van der Waals surface area contributed by atoms with E-state index in [2.05, 4.69) is 4.90 Å². The Balaban J connectivity index is 1.51. The number of carboxylic acid groups (broad SMARTS) is 1. The van der Waals surface area contributed by atoms with Gasteiger partial charge in [0, 0.05) is 31.8 Å². The van der Waals surface area contributed by atoms with Gasteiger partial charge >= 0.3 is 5.97 Å². The number of rotatable bonds is 3. The molecule has 3 rings (SSSR count). The van der Waals surface area contributed by atoms with E-state index in [9.17, 15) is 4.79 Å². The average Bonchev–Trinajstić information content (AvgIpc) is 2.87. The first-order chi connectivity index (χ1) is 9.67. The second-order valence-corrected chi connectivity index (χ2v) is 6.44. The van der Waals surface area contributed by atoms with E-state index in [0.29, 0.717) is 18.4 Å². The van der Waals surface area contributed by atoms with Crippen molar-refractivity contribution < 1.29 is 19.4 Å². The molecule has 2 aliphatic heterocycles. The van der Waals surface area contributed by atoms with Gasteiger partial charge in [0.25, 0.3) is 0 Å². The summed E-state index contributed by atoms with van der Waals surface area (Å²) < 4.78 is 11.5. The molecule has 0 aromatic heterocycles. The van der Waals surface area contributed by atoms with Crippen LogP contribution in [0.2, 0.25) is 0 Å². The van der Waals surface area contributed by atoms with Crippen LogP contribution in [0.25, 0.3) is 0 Å². The second kappa shape index (κ2) is 6.00. The molecule has 0 aromatic rings. The summed E-state index contributed by atoms with van der Waals surface area (Å²) in [6, 6.07) is 0.588. The number of hydrogen-bond donors (Lipinski definition) is 1. The molecule has 1 unspecified atom stereocenters. The van der Waals surface area contributed by atoms with Crippen molar-refractivity contribution in [1.82, 2.24) is 4.90 Å². The van der Waals surface area contributed by atoms with Gasteiger partial charge in [-0.15, -0.1) is 0 Å². The zero-order valence-corrected chi connectivity index (χ0v) is 12.1. The Morgan fingerprint density at radius 1 is 1.20 bits per heavy atom. The summed E-state index contributed by atoms with van der Waals surface area (Å²) in [5.41, 5.74) is 0. The minimum absolute atomic E-state index is 0.285. The van der Waals surface area contributed by atoms with Crippen molar-refractivity contribution in [2.24, 2.45) is 5.92 Å². The number of hydrogen-bond acceptors (Lipinski definition) is 4. The summed E-state index contributed by atoms with van der Waals surface area (Å²) in [5, 5.41) is 8.95. The van der Waals surface area contributed by atoms with Crippen molar-refractivity contribution >= 4 is 5.97 Å². The van der Waals surface area contributed by atoms with Crippen LogP contribution in [0.1, 0.15) is 44.9 Å². The van der Waals surface area contributed by atoms with Crippen LogP contribution >= 0.6 is 0 Å². The van der Waals surface area contributed by atoms with Gasteiger partial charge in [-0.2, -0.15) is 0 Å². The van der Waals surface area contributed by atoms with E-state index in [4.69, 9.17) is 14.6 Å². The number of ether oxygens (including phenoxy) is 2. The summed E-state index contributed by atoms with van der Waals surface area (Å²) in [7, 11) is 0. The van der Waals surface area contributed by atoms with E-state index >= 15 is 0 Å². The van der Waals surface area contributed by atoms with Crippen molar-refractivity contribution in [3.8, 4) is 0 Å². The Labute approximate surface area is 120 Å². The van der Waals surface area contributed by atoms with E-state index < -0.39 is 5.97 Å². The van der Waals surface area contributed by atoms with Crippen molar-refractivity contribution in [3.05, 3.63) is 0 Å². The first kappa shape index (κ1) is 14.3. The molecule has 2 heterocycles. The van der Waals surface area contributed by atoms with E-state index in [1.165, 1.54) is 0 Å². The molecule has 5 nitrogen and oxygen atoms in total. The molecule has 3 aliphatic rings. The lowest BCUT2D eigenvalue weighted by Crippen LogP contribution is -2.48. The maximum Gasteiger partial charge on any atom is 0.303 e. The lowest BCUT2D eigenvalue weighted by Gasteiger charge is -2.43. The highest BCUT2D eigenvalue weighted by Gasteiger charge is 2.42. The normalized spacial score (nSPS) is 31.7. The highest BCUT2D eigenvalue weighted by Crippen LogP contribution is 2.38. The standard InChI is InChI=1S/C15H25NO4/c17-14(18)10-12-2-1-7-16(11-12)13-3-5-15(6-4-13)19-8-9-20-15/h12-13H,1-11H2,(H,17,18). The van der Waals surface area contributed by atoms with Crippen LogP contribution in [0, 0.1) is 5.92 Å². The molecule has 114 valence electrons. The number of nitrogens with zero attached hydrogens (tertiary/aromatic N) is 1. The van der Waals surface area contributed by atoms with Gasteiger partial charge in [-0.1, -0.05) is 0 Å². The molecule has 0 amide bonds. The maximum atomic E-state index is 10.9. The van der Waals surface area contributed by atoms with E-state index in [1.807, 2.05) is 0 Å². The molecule has 0 radical (unpaired) electrons. The first-order valence-corrected chi connectivity index (χ1v) is 7.91. The zero-order chi connectivity index (χ0) is 14.0. The van der Waals surface area contributed by atoms with Gasteiger partial charge < -0.3 is 19.5 Å². The molecule has 20 heavy (non-hydrogen) atoms. The number of aliphatic carboxylic acids is 1. The molecule has 2 saturated heterocycles. The molecule has 3 fully saturated rings. The maximum absolute atomic E-state index is 10.9. The van der Waals surface area contributed by atoms with E-state index in [1.54, 1.807) is 0 Å². The molecule has 1 saturated carbocycles. The molecule has 0 bridgehead atoms. The summed E-state index contributed by atoms with van der Waals surface area (Å²) in [6.07, 6.45) is 6.70. The zero-order valence-electron chi connectivity index (χ0n) is 12.1. The van der Waals surface area contributed by atoms with Crippen molar-refractivity contribution in [3.63, 3.8) is 0 Å². The summed E-state index contributed by atoms with van der Waals surface area (Å²) >= 11 is 0. The van der Waals surface area contributed by atoms with Crippen LogP contribution in [-0.4, -0.2) is 54.1 Å². The largest absolute Gasteiger partial charge is 0.481 e. The Bertz CT molecular complexity index is 344. The predicted octanol–water partition coefficient (Wildman–Crippen LogP) is 1.86. The fourth-order valence-electron chi connectivity index (χ4n) is 4.04. The van der Waals surface area contributed by atoms with Gasteiger partial charge in [-0.3, -0.25) is 4.79 Å². The van der Waals surface area contributed by atoms with Crippen LogP contribution in [0.5, 0.6) is 0 Å². The number of carboxylic acids is 1. The van der Waals surface area contributed by atoms with Gasteiger partial charge in [0.05, 0.1) is 13.2 Å². The van der Waals surface area contributed by atoms with Gasteiger partial charge in [-0.05, 0) is 38.1 Å². The summed E-state index contributed by atoms with van der Waals surface area (Å²) in [6.45, 7) is 3.53. The highest BCUT2D eigenvalue weighted by atomic mass is 16.7. The van der Waals surface area contributed by atoms with Gasteiger partial charge in [0.15, 0.2) is 5.79 Å². The van der Waals surface area contributed by atoms with Crippen LogP contribution in [0.4, 0.5) is 0 Å². The third-order valence-electron chi connectivity index (χ3n) is 5.06. The fraction of sp³-hybridized carbons (Fsp3) is 0.933. The second-order valence-electron chi connectivity index (χ2n) is 6.44. The van der Waals surface area contributed by atoms with Crippen molar-refractivity contribution in [2.75, 3.05) is 26.3 Å². The van der Waals surface area contributed by atoms with Crippen molar-refractivity contribution in [1.29, 1.82) is 0 Å². The minimum atomic E-state index is -0.660. The number of piperidine rings is 1. The molecule has 1 spiro atoms. The van der Waals surface area contributed by atoms with Gasteiger partial charge in [0.2, 0.25) is 0 Å².